The quantitative estimate of drug-likeness (QED) is 0.779. The number of carbonyl (C=O) groups excluding carboxylic acids is 1. The highest BCUT2D eigenvalue weighted by Gasteiger charge is 2.33. The Bertz CT molecular complexity index is 973. The number of ether oxygens (including phenoxy) is 2. The van der Waals surface area contributed by atoms with E-state index >= 15 is 0 Å². The van der Waals surface area contributed by atoms with E-state index < -0.39 is 15.9 Å². The van der Waals surface area contributed by atoms with Gasteiger partial charge < -0.3 is 14.8 Å². The summed E-state index contributed by atoms with van der Waals surface area (Å²) in [6.45, 7) is 2.46. The van der Waals surface area contributed by atoms with Gasteiger partial charge in [0.05, 0.1) is 30.7 Å². The predicted octanol–water partition coefficient (Wildman–Crippen LogP) is 3.05. The molecule has 0 radical (unpaired) electrons. The predicted molar refractivity (Wildman–Crippen MR) is 111 cm³/mol. The van der Waals surface area contributed by atoms with Crippen LogP contribution in [0.4, 0.5) is 5.69 Å². The third kappa shape index (κ3) is 4.71. The van der Waals surface area contributed by atoms with Gasteiger partial charge in [-0.2, -0.15) is 4.31 Å². The molecule has 1 amide bonds. The summed E-state index contributed by atoms with van der Waals surface area (Å²) in [4.78, 5) is 13.1. The van der Waals surface area contributed by atoms with Crippen LogP contribution in [0.1, 0.15) is 18.4 Å². The van der Waals surface area contributed by atoms with Crippen LogP contribution in [-0.4, -0.2) is 45.9 Å². The maximum absolute atomic E-state index is 13.0. The van der Waals surface area contributed by atoms with Crippen molar-refractivity contribution in [2.24, 2.45) is 5.92 Å². The van der Waals surface area contributed by atoms with Gasteiger partial charge in [0, 0.05) is 19.2 Å². The molecule has 1 atom stereocenters. The van der Waals surface area contributed by atoms with Crippen LogP contribution in [0.5, 0.6) is 11.5 Å². The molecule has 1 aliphatic rings. The van der Waals surface area contributed by atoms with Gasteiger partial charge in [-0.25, -0.2) is 8.42 Å². The fraction of sp³-hybridized carbons (Fsp3) is 0.381. The van der Waals surface area contributed by atoms with Crippen molar-refractivity contribution in [3.63, 3.8) is 0 Å². The Balaban J connectivity index is 1.75. The minimum atomic E-state index is -3.63. The summed E-state index contributed by atoms with van der Waals surface area (Å²) in [7, 11) is -0.567. The lowest BCUT2D eigenvalue weighted by Gasteiger charge is -2.31. The van der Waals surface area contributed by atoms with Crippen molar-refractivity contribution in [2.75, 3.05) is 32.6 Å². The third-order valence-corrected chi connectivity index (χ3v) is 6.96. The first-order valence-corrected chi connectivity index (χ1v) is 10.9. The Hall–Kier alpha value is -2.58. The number of hydrogen-bond donors (Lipinski definition) is 1. The van der Waals surface area contributed by atoms with Crippen LogP contribution in [0.25, 0.3) is 0 Å². The molecule has 1 N–H and O–H groups in total. The van der Waals surface area contributed by atoms with Crippen LogP contribution in [0, 0.1) is 12.8 Å². The first-order chi connectivity index (χ1) is 13.8. The first-order valence-electron chi connectivity index (χ1n) is 9.45. The number of rotatable bonds is 6. The lowest BCUT2D eigenvalue weighted by molar-refractivity contribution is -0.120. The fourth-order valence-corrected chi connectivity index (χ4v) is 4.90. The van der Waals surface area contributed by atoms with E-state index in [-0.39, 0.29) is 17.3 Å². The van der Waals surface area contributed by atoms with Crippen LogP contribution in [0.15, 0.2) is 47.4 Å². The van der Waals surface area contributed by atoms with Crippen molar-refractivity contribution in [3.05, 3.63) is 48.0 Å². The molecular formula is C21H26N2O5S. The molecular weight excluding hydrogens is 392 g/mol. The van der Waals surface area contributed by atoms with Crippen LogP contribution < -0.4 is 14.8 Å². The van der Waals surface area contributed by atoms with Gasteiger partial charge in [0.25, 0.3) is 0 Å². The second-order valence-electron chi connectivity index (χ2n) is 7.07. The highest BCUT2D eigenvalue weighted by molar-refractivity contribution is 7.89. The zero-order valence-corrected chi connectivity index (χ0v) is 17.7. The van der Waals surface area contributed by atoms with E-state index in [0.29, 0.717) is 36.6 Å². The molecule has 156 valence electrons. The Morgan fingerprint density at radius 3 is 2.48 bits per heavy atom. The van der Waals surface area contributed by atoms with Gasteiger partial charge in [0.2, 0.25) is 15.9 Å². The van der Waals surface area contributed by atoms with E-state index in [1.54, 1.807) is 49.6 Å². The van der Waals surface area contributed by atoms with Crippen molar-refractivity contribution in [3.8, 4) is 11.5 Å². The molecule has 2 aromatic rings. The van der Waals surface area contributed by atoms with Crippen molar-refractivity contribution >= 4 is 21.6 Å². The topological polar surface area (TPSA) is 84.9 Å². The largest absolute Gasteiger partial charge is 0.497 e. The Kier molecular flexibility index (Phi) is 6.44. The number of carbonyl (C=O) groups is 1. The average Bonchev–Trinajstić information content (AvgIpc) is 2.74. The van der Waals surface area contributed by atoms with E-state index in [2.05, 4.69) is 5.32 Å². The molecule has 1 aliphatic heterocycles. The van der Waals surface area contributed by atoms with Crippen molar-refractivity contribution < 1.29 is 22.7 Å². The molecule has 0 spiro atoms. The summed E-state index contributed by atoms with van der Waals surface area (Å²) in [5, 5.41) is 2.86. The van der Waals surface area contributed by atoms with Gasteiger partial charge in [-0.15, -0.1) is 0 Å². The number of amides is 1. The Morgan fingerprint density at radius 2 is 1.83 bits per heavy atom. The lowest BCUT2D eigenvalue weighted by Crippen LogP contribution is -2.43. The average molecular weight is 419 g/mol. The second kappa shape index (κ2) is 8.84. The van der Waals surface area contributed by atoms with Gasteiger partial charge in [-0.05, 0) is 44.0 Å². The van der Waals surface area contributed by atoms with Crippen LogP contribution in [0.3, 0.4) is 0 Å². The van der Waals surface area contributed by atoms with Crippen molar-refractivity contribution in [2.45, 2.75) is 24.7 Å². The van der Waals surface area contributed by atoms with Crippen LogP contribution in [-0.2, 0) is 14.8 Å². The number of benzene rings is 2. The minimum absolute atomic E-state index is 0.147. The van der Waals surface area contributed by atoms with Crippen LogP contribution >= 0.6 is 0 Å². The number of nitrogens with zero attached hydrogens (tertiary/aromatic N) is 1. The molecule has 0 bridgehead atoms. The number of sulfonamides is 1. The number of nitrogens with one attached hydrogen (secondary N) is 1. The molecule has 1 saturated heterocycles. The zero-order chi connectivity index (χ0) is 21.0. The summed E-state index contributed by atoms with van der Waals surface area (Å²) in [6, 6.07) is 11.9. The maximum Gasteiger partial charge on any atom is 0.243 e. The second-order valence-corrected chi connectivity index (χ2v) is 9.01. The SMILES string of the molecule is COc1ccc(OC)c(NC(=O)C2CCCN(S(=O)(=O)c3ccc(C)cc3)C2)c1. The smallest absolute Gasteiger partial charge is 0.243 e. The van der Waals surface area contributed by atoms with Crippen molar-refractivity contribution in [1.29, 1.82) is 0 Å². The molecule has 8 heteroatoms. The molecule has 29 heavy (non-hydrogen) atoms. The molecule has 1 unspecified atom stereocenters. The number of aryl methyl sites for hydroxylation is 1. The lowest BCUT2D eigenvalue weighted by atomic mass is 9.98. The molecule has 7 nitrogen and oxygen atoms in total. The highest BCUT2D eigenvalue weighted by Crippen LogP contribution is 2.31. The molecule has 1 fully saturated rings. The molecule has 0 saturated carbocycles. The van der Waals surface area contributed by atoms with E-state index in [0.717, 1.165) is 5.56 Å². The standard InChI is InChI=1S/C21H26N2O5S/c1-15-6-9-18(10-7-15)29(25,26)23-12-4-5-16(14-23)21(24)22-19-13-17(27-2)8-11-20(19)28-3/h6-11,13,16H,4-5,12,14H2,1-3H3,(H,22,24). The summed E-state index contributed by atoms with van der Waals surface area (Å²) in [5.41, 5.74) is 1.49. The zero-order valence-electron chi connectivity index (χ0n) is 16.8. The van der Waals surface area contributed by atoms with E-state index in [1.807, 2.05) is 6.92 Å². The van der Waals surface area contributed by atoms with Gasteiger partial charge in [-0.3, -0.25) is 4.79 Å². The van der Waals surface area contributed by atoms with Gasteiger partial charge >= 0.3 is 0 Å². The summed E-state index contributed by atoms with van der Waals surface area (Å²) in [5.74, 6) is 0.424. The fourth-order valence-electron chi connectivity index (χ4n) is 3.38. The Labute approximate surface area is 171 Å². The first kappa shape index (κ1) is 21.1. The highest BCUT2D eigenvalue weighted by atomic mass is 32.2. The summed E-state index contributed by atoms with van der Waals surface area (Å²) < 4.78 is 37.8. The van der Waals surface area contributed by atoms with E-state index in [1.165, 1.54) is 11.4 Å². The normalized spacial score (nSPS) is 17.6. The molecule has 1 heterocycles. The van der Waals surface area contributed by atoms with E-state index in [9.17, 15) is 13.2 Å². The summed E-state index contributed by atoms with van der Waals surface area (Å²) in [6.07, 6.45) is 1.25. The minimum Gasteiger partial charge on any atom is -0.497 e. The van der Waals surface area contributed by atoms with Gasteiger partial charge in [-0.1, -0.05) is 17.7 Å². The molecule has 3 rings (SSSR count). The van der Waals surface area contributed by atoms with Gasteiger partial charge in [0.1, 0.15) is 11.5 Å². The Morgan fingerprint density at radius 1 is 1.10 bits per heavy atom. The van der Waals surface area contributed by atoms with Crippen molar-refractivity contribution in [1.82, 2.24) is 4.31 Å². The number of anilines is 1. The maximum atomic E-state index is 13.0. The monoisotopic (exact) mass is 418 g/mol. The number of methoxy groups -OCH3 is 2. The molecule has 0 aromatic heterocycles. The molecule has 2 aromatic carbocycles. The molecule has 0 aliphatic carbocycles. The van der Waals surface area contributed by atoms with E-state index in [4.69, 9.17) is 9.47 Å². The van der Waals surface area contributed by atoms with Gasteiger partial charge in [0.15, 0.2) is 0 Å². The third-order valence-electron chi connectivity index (χ3n) is 5.08. The summed E-state index contributed by atoms with van der Waals surface area (Å²) >= 11 is 0. The van der Waals surface area contributed by atoms with Crippen LogP contribution in [0.2, 0.25) is 0 Å². The number of piperidine rings is 1. The number of hydrogen-bond acceptors (Lipinski definition) is 5.